The van der Waals surface area contributed by atoms with Crippen LogP contribution in [0.5, 0.6) is 5.88 Å². The van der Waals surface area contributed by atoms with E-state index in [4.69, 9.17) is 21.1 Å². The quantitative estimate of drug-likeness (QED) is 0.633. The van der Waals surface area contributed by atoms with E-state index in [2.05, 4.69) is 31.2 Å². The van der Waals surface area contributed by atoms with Crippen LogP contribution < -0.4 is 15.6 Å². The van der Waals surface area contributed by atoms with Crippen LogP contribution in [0.15, 0.2) is 39.9 Å². The molecule has 1 atom stereocenters. The number of alkyl carbamates (subject to hydrolysis) is 1. The van der Waals surface area contributed by atoms with Gasteiger partial charge in [-0.15, -0.1) is 0 Å². The molecule has 9 heteroatoms. The lowest BCUT2D eigenvalue weighted by molar-refractivity contribution is 0.0483. The first-order valence-electron chi connectivity index (χ1n) is 8.74. The highest BCUT2D eigenvalue weighted by Crippen LogP contribution is 2.17. The van der Waals surface area contributed by atoms with Gasteiger partial charge in [0.1, 0.15) is 16.7 Å². The lowest BCUT2D eigenvalue weighted by Gasteiger charge is -2.24. The number of ether oxygens (including phenoxy) is 2. The molecule has 0 aliphatic carbocycles. The number of hydrogen-bond acceptors (Lipinski definition) is 5. The van der Waals surface area contributed by atoms with Gasteiger partial charge in [-0.2, -0.15) is 0 Å². The third kappa shape index (κ3) is 7.52. The zero-order valence-corrected chi connectivity index (χ0v) is 18.3. The highest BCUT2D eigenvalue weighted by atomic mass is 79.9. The summed E-state index contributed by atoms with van der Waals surface area (Å²) in [7, 11) is 0. The first-order chi connectivity index (χ1) is 13.1. The molecule has 1 amide bonds. The second-order valence-electron chi connectivity index (χ2n) is 7.17. The van der Waals surface area contributed by atoms with Crippen LogP contribution >= 0.6 is 27.5 Å². The molecule has 28 heavy (non-hydrogen) atoms. The van der Waals surface area contributed by atoms with Gasteiger partial charge in [0, 0.05) is 5.02 Å². The second kappa shape index (κ2) is 9.93. The fourth-order valence-corrected chi connectivity index (χ4v) is 2.77. The van der Waals surface area contributed by atoms with Gasteiger partial charge in [-0.25, -0.2) is 9.78 Å². The summed E-state index contributed by atoms with van der Waals surface area (Å²) in [6.07, 6.45) is 2.02. The largest absolute Gasteiger partial charge is 0.474 e. The number of hydrogen-bond donors (Lipinski definition) is 2. The Bertz CT molecular complexity index is 849. The first-order valence-corrected chi connectivity index (χ1v) is 9.91. The number of benzene rings is 1. The Hall–Kier alpha value is -2.06. The summed E-state index contributed by atoms with van der Waals surface area (Å²) in [5.74, 6) is 0.159. The van der Waals surface area contributed by atoms with E-state index in [9.17, 15) is 9.59 Å². The van der Waals surface area contributed by atoms with Crippen molar-refractivity contribution < 1.29 is 14.3 Å². The minimum atomic E-state index is -0.608. The molecule has 1 aromatic heterocycles. The molecule has 2 aromatic rings. The number of H-pyrrole nitrogens is 1. The molecule has 1 heterocycles. The molecule has 0 saturated carbocycles. The molecule has 0 aliphatic rings. The number of halogens is 2. The molecule has 0 spiro atoms. The highest BCUT2D eigenvalue weighted by Gasteiger charge is 2.20. The van der Waals surface area contributed by atoms with Crippen LogP contribution in [0, 0.1) is 0 Å². The summed E-state index contributed by atoms with van der Waals surface area (Å²) in [5, 5.41) is 3.49. The van der Waals surface area contributed by atoms with Crippen molar-refractivity contribution in [2.75, 3.05) is 6.61 Å². The zero-order chi connectivity index (χ0) is 20.7. The first kappa shape index (κ1) is 22.2. The fraction of sp³-hybridized carbons (Fsp3) is 0.421. The number of amides is 1. The predicted molar refractivity (Wildman–Crippen MR) is 111 cm³/mol. The maximum absolute atomic E-state index is 12.2. The van der Waals surface area contributed by atoms with Crippen LogP contribution in [0.1, 0.15) is 32.8 Å². The van der Waals surface area contributed by atoms with Crippen LogP contribution in [0.3, 0.4) is 0 Å². The Kier molecular flexibility index (Phi) is 7.88. The SMILES string of the molecule is CC(C)(C)OC(=O)N[C@H](CCc1ccc(Cl)cc1)COc1nc[nH]c(=O)c1Br. The Morgan fingerprint density at radius 2 is 2.00 bits per heavy atom. The number of aryl methyl sites for hydroxylation is 1. The number of rotatable bonds is 7. The van der Waals surface area contributed by atoms with E-state index in [0.717, 1.165) is 5.56 Å². The molecule has 0 fully saturated rings. The lowest BCUT2D eigenvalue weighted by Crippen LogP contribution is -2.42. The van der Waals surface area contributed by atoms with Gasteiger partial charge in [0.15, 0.2) is 0 Å². The summed E-state index contributed by atoms with van der Waals surface area (Å²) in [5.41, 5.74) is 0.127. The lowest BCUT2D eigenvalue weighted by atomic mass is 10.1. The molecular weight excluding hydrogens is 450 g/mol. The van der Waals surface area contributed by atoms with E-state index < -0.39 is 11.7 Å². The number of carbonyl (C=O) groups excluding carboxylic acids is 1. The van der Waals surface area contributed by atoms with E-state index >= 15 is 0 Å². The van der Waals surface area contributed by atoms with Crippen molar-refractivity contribution in [1.29, 1.82) is 0 Å². The normalized spacial score (nSPS) is 12.3. The third-order valence-corrected chi connectivity index (χ3v) is 4.55. The molecule has 7 nitrogen and oxygen atoms in total. The summed E-state index contributed by atoms with van der Waals surface area (Å²) < 4.78 is 11.2. The monoisotopic (exact) mass is 471 g/mol. The van der Waals surface area contributed by atoms with Crippen molar-refractivity contribution in [1.82, 2.24) is 15.3 Å². The molecule has 1 aromatic carbocycles. The summed E-state index contributed by atoms with van der Waals surface area (Å²) >= 11 is 9.06. The molecule has 2 rings (SSSR count). The Morgan fingerprint density at radius 1 is 1.32 bits per heavy atom. The minimum absolute atomic E-state index is 0.127. The van der Waals surface area contributed by atoms with Crippen molar-refractivity contribution in [2.45, 2.75) is 45.3 Å². The number of nitrogens with one attached hydrogen (secondary N) is 2. The predicted octanol–water partition coefficient (Wildman–Crippen LogP) is 4.09. The van der Waals surface area contributed by atoms with Crippen LogP contribution in [-0.2, 0) is 11.2 Å². The van der Waals surface area contributed by atoms with Crippen LogP contribution in [-0.4, -0.2) is 34.3 Å². The van der Waals surface area contributed by atoms with E-state index in [1.165, 1.54) is 6.33 Å². The maximum atomic E-state index is 12.2. The van der Waals surface area contributed by atoms with Crippen molar-refractivity contribution in [2.24, 2.45) is 0 Å². The second-order valence-corrected chi connectivity index (χ2v) is 8.40. The third-order valence-electron chi connectivity index (χ3n) is 3.60. The van der Waals surface area contributed by atoms with Crippen molar-refractivity contribution in [3.8, 4) is 5.88 Å². The van der Waals surface area contributed by atoms with Gasteiger partial charge in [0.25, 0.3) is 5.56 Å². The maximum Gasteiger partial charge on any atom is 0.407 e. The number of aromatic nitrogens is 2. The summed E-state index contributed by atoms with van der Waals surface area (Å²) in [6.45, 7) is 5.51. The van der Waals surface area contributed by atoms with E-state index in [-0.39, 0.29) is 28.6 Å². The molecule has 0 radical (unpaired) electrons. The van der Waals surface area contributed by atoms with Crippen LogP contribution in [0.25, 0.3) is 0 Å². The van der Waals surface area contributed by atoms with Crippen molar-refractivity contribution in [3.05, 3.63) is 56.0 Å². The number of aromatic amines is 1. The van der Waals surface area contributed by atoms with E-state index in [1.807, 2.05) is 24.3 Å². The van der Waals surface area contributed by atoms with Gasteiger partial charge in [-0.1, -0.05) is 23.7 Å². The van der Waals surface area contributed by atoms with Gasteiger partial charge >= 0.3 is 6.09 Å². The average Bonchev–Trinajstić information content (AvgIpc) is 2.60. The Morgan fingerprint density at radius 3 is 2.64 bits per heavy atom. The van der Waals surface area contributed by atoms with Gasteiger partial charge < -0.3 is 19.8 Å². The minimum Gasteiger partial charge on any atom is -0.474 e. The molecule has 152 valence electrons. The van der Waals surface area contributed by atoms with Crippen LogP contribution in [0.4, 0.5) is 4.79 Å². The number of carbonyl (C=O) groups is 1. The summed E-state index contributed by atoms with van der Waals surface area (Å²) in [4.78, 5) is 30.2. The Labute approximate surface area is 176 Å². The topological polar surface area (TPSA) is 93.3 Å². The highest BCUT2D eigenvalue weighted by molar-refractivity contribution is 9.10. The molecule has 0 bridgehead atoms. The molecule has 0 unspecified atom stereocenters. The standard InChI is InChI=1S/C19H23BrClN3O4/c1-19(2,3)28-18(26)24-14(9-6-12-4-7-13(21)8-5-12)10-27-17-15(20)16(25)22-11-23-17/h4-5,7-8,11,14H,6,9-10H2,1-3H3,(H,24,26)(H,22,23,25)/t14-/m1/s1. The molecule has 0 saturated heterocycles. The Balaban J connectivity index is 2.03. The molecule has 2 N–H and O–H groups in total. The molecular formula is C19H23BrClN3O4. The van der Waals surface area contributed by atoms with Crippen LogP contribution in [0.2, 0.25) is 5.02 Å². The van der Waals surface area contributed by atoms with Crippen molar-refractivity contribution in [3.63, 3.8) is 0 Å². The summed E-state index contributed by atoms with van der Waals surface area (Å²) in [6, 6.07) is 7.16. The zero-order valence-electron chi connectivity index (χ0n) is 15.9. The molecule has 0 aliphatic heterocycles. The van der Waals surface area contributed by atoms with Crippen molar-refractivity contribution >= 4 is 33.6 Å². The van der Waals surface area contributed by atoms with Gasteiger partial charge in [-0.05, 0) is 67.2 Å². The van der Waals surface area contributed by atoms with Gasteiger partial charge in [-0.3, -0.25) is 4.79 Å². The fourth-order valence-electron chi connectivity index (χ4n) is 2.31. The van der Waals surface area contributed by atoms with E-state index in [0.29, 0.717) is 17.9 Å². The smallest absolute Gasteiger partial charge is 0.407 e. The van der Waals surface area contributed by atoms with Gasteiger partial charge in [0.05, 0.1) is 12.4 Å². The van der Waals surface area contributed by atoms with Gasteiger partial charge in [0.2, 0.25) is 5.88 Å². The number of nitrogens with zero attached hydrogens (tertiary/aromatic N) is 1. The average molecular weight is 473 g/mol. The van der Waals surface area contributed by atoms with E-state index in [1.54, 1.807) is 20.8 Å².